The summed E-state index contributed by atoms with van der Waals surface area (Å²) in [5.41, 5.74) is 7.64. The topological polar surface area (TPSA) is 0 Å². The van der Waals surface area contributed by atoms with E-state index in [0.29, 0.717) is 0 Å². The van der Waals surface area contributed by atoms with E-state index in [9.17, 15) is 0 Å². The van der Waals surface area contributed by atoms with Crippen LogP contribution >= 0.6 is 7.92 Å². The first kappa shape index (κ1) is 25.9. The fraction of sp³-hybridized carbons (Fsp3) is 0.0476. The van der Waals surface area contributed by atoms with E-state index in [2.05, 4.69) is 165 Å². The minimum Gasteiger partial charge on any atom is -0.0817 e. The molecule has 0 nitrogen and oxygen atoms in total. The van der Waals surface area contributed by atoms with Gasteiger partial charge in [0.15, 0.2) is 0 Å². The van der Waals surface area contributed by atoms with Gasteiger partial charge in [0.25, 0.3) is 0 Å². The molecular formula is C42H31P. The summed E-state index contributed by atoms with van der Waals surface area (Å²) in [4.78, 5) is 0. The summed E-state index contributed by atoms with van der Waals surface area (Å²) >= 11 is 0. The van der Waals surface area contributed by atoms with Crippen molar-refractivity contribution in [2.24, 2.45) is 0 Å². The maximum Gasteiger partial charge on any atom is -0.00259 e. The third-order valence-corrected chi connectivity index (χ3v) is 10.1. The molecule has 0 amide bonds. The quantitative estimate of drug-likeness (QED) is 0.147. The molecule has 8 aromatic carbocycles. The first-order valence-electron chi connectivity index (χ1n) is 14.9. The Morgan fingerprint density at radius 1 is 0.326 bits per heavy atom. The Morgan fingerprint density at radius 3 is 1.42 bits per heavy atom. The first-order chi connectivity index (χ1) is 21.1. The molecule has 43 heavy (non-hydrogen) atoms. The van der Waals surface area contributed by atoms with Crippen molar-refractivity contribution in [1.29, 1.82) is 0 Å². The summed E-state index contributed by atoms with van der Waals surface area (Å²) < 4.78 is 0. The third kappa shape index (κ3) is 4.51. The van der Waals surface area contributed by atoms with Gasteiger partial charge < -0.3 is 0 Å². The number of hydrogen-bond donors (Lipinski definition) is 0. The van der Waals surface area contributed by atoms with Gasteiger partial charge in [-0.05, 0) is 119 Å². The van der Waals surface area contributed by atoms with E-state index in [1.165, 1.54) is 81.8 Å². The van der Waals surface area contributed by atoms with Crippen LogP contribution in [0.25, 0.3) is 76.5 Å². The Kier molecular flexibility index (Phi) is 6.32. The molecule has 0 aliphatic carbocycles. The Hall–Kier alpha value is -4.77. The molecule has 204 valence electrons. The molecule has 0 unspecified atom stereocenters. The molecule has 0 saturated carbocycles. The zero-order valence-corrected chi connectivity index (χ0v) is 25.3. The predicted molar refractivity (Wildman–Crippen MR) is 191 cm³/mol. The summed E-state index contributed by atoms with van der Waals surface area (Å²) in [6.07, 6.45) is 0. The molecule has 1 heteroatoms. The minimum atomic E-state index is -0.170. The van der Waals surface area contributed by atoms with Gasteiger partial charge in [-0.3, -0.25) is 0 Å². The van der Waals surface area contributed by atoms with E-state index in [4.69, 9.17) is 0 Å². The third-order valence-electron chi connectivity index (χ3n) is 8.80. The van der Waals surface area contributed by atoms with Gasteiger partial charge in [0.2, 0.25) is 0 Å². The predicted octanol–water partition coefficient (Wildman–Crippen LogP) is 11.7. The highest BCUT2D eigenvalue weighted by Crippen LogP contribution is 2.45. The SMILES string of the molecule is CP(C)c1cccc(-c2ccc3c(-c4ccc5ccccc5c4)c4ccccc4c(-c4ccc5ccccc5c4)c3c2)c1. The van der Waals surface area contributed by atoms with Gasteiger partial charge in [0.1, 0.15) is 0 Å². The van der Waals surface area contributed by atoms with Crippen LogP contribution in [-0.2, 0) is 0 Å². The molecule has 8 aromatic rings. The number of hydrogen-bond acceptors (Lipinski definition) is 0. The Balaban J connectivity index is 1.49. The monoisotopic (exact) mass is 566 g/mol. The van der Waals surface area contributed by atoms with E-state index < -0.39 is 0 Å². The molecule has 0 fully saturated rings. The van der Waals surface area contributed by atoms with Crippen molar-refractivity contribution in [3.05, 3.63) is 152 Å². The molecule has 0 bridgehead atoms. The van der Waals surface area contributed by atoms with Crippen LogP contribution in [0.3, 0.4) is 0 Å². The van der Waals surface area contributed by atoms with E-state index in [1.54, 1.807) is 0 Å². The lowest BCUT2D eigenvalue weighted by Crippen LogP contribution is -1.98. The van der Waals surface area contributed by atoms with Crippen molar-refractivity contribution in [2.45, 2.75) is 0 Å². The van der Waals surface area contributed by atoms with Crippen LogP contribution in [0, 0.1) is 0 Å². The molecule has 0 saturated heterocycles. The number of rotatable bonds is 4. The van der Waals surface area contributed by atoms with E-state index in [-0.39, 0.29) is 7.92 Å². The summed E-state index contributed by atoms with van der Waals surface area (Å²) in [6.45, 7) is 4.66. The maximum absolute atomic E-state index is 2.43. The summed E-state index contributed by atoms with van der Waals surface area (Å²) in [5, 5.41) is 11.6. The Labute approximate surface area is 254 Å². The van der Waals surface area contributed by atoms with Crippen LogP contribution in [0.15, 0.2) is 152 Å². The summed E-state index contributed by atoms with van der Waals surface area (Å²) in [6, 6.07) is 56.3. The molecular weight excluding hydrogens is 535 g/mol. The summed E-state index contributed by atoms with van der Waals surface area (Å²) in [5.74, 6) is 0. The normalized spacial score (nSPS) is 11.7. The zero-order chi connectivity index (χ0) is 28.9. The molecule has 8 rings (SSSR count). The first-order valence-corrected chi connectivity index (χ1v) is 17.1. The highest BCUT2D eigenvalue weighted by atomic mass is 31.1. The van der Waals surface area contributed by atoms with Gasteiger partial charge in [-0.1, -0.05) is 135 Å². The fourth-order valence-electron chi connectivity index (χ4n) is 6.63. The van der Waals surface area contributed by atoms with E-state index >= 15 is 0 Å². The van der Waals surface area contributed by atoms with Gasteiger partial charge in [0, 0.05) is 0 Å². The van der Waals surface area contributed by atoms with Crippen molar-refractivity contribution in [1.82, 2.24) is 0 Å². The molecule has 0 atom stereocenters. The Morgan fingerprint density at radius 2 is 0.814 bits per heavy atom. The van der Waals surface area contributed by atoms with Crippen molar-refractivity contribution in [3.63, 3.8) is 0 Å². The largest absolute Gasteiger partial charge is 0.0817 e. The van der Waals surface area contributed by atoms with Crippen LogP contribution in [0.5, 0.6) is 0 Å². The van der Waals surface area contributed by atoms with Gasteiger partial charge >= 0.3 is 0 Å². The van der Waals surface area contributed by atoms with Gasteiger partial charge in [0.05, 0.1) is 0 Å². The molecule has 0 aliphatic rings. The molecule has 0 aromatic heterocycles. The van der Waals surface area contributed by atoms with Crippen molar-refractivity contribution in [2.75, 3.05) is 13.3 Å². The van der Waals surface area contributed by atoms with Gasteiger partial charge in [-0.2, -0.15) is 0 Å². The highest BCUT2D eigenvalue weighted by molar-refractivity contribution is 7.64. The average molecular weight is 567 g/mol. The second-order valence-corrected chi connectivity index (χ2v) is 13.9. The fourth-order valence-corrected chi connectivity index (χ4v) is 7.41. The van der Waals surface area contributed by atoms with E-state index in [1.807, 2.05) is 0 Å². The summed E-state index contributed by atoms with van der Waals surface area (Å²) in [7, 11) is -0.170. The second kappa shape index (κ2) is 10.5. The molecule has 0 spiro atoms. The standard InChI is InChI=1S/C42H31P/c1-43(2)36-15-9-14-32(26-36)33-22-23-39-40(27-33)42(35-21-19-29-11-4-6-13-31(29)25-35)38-17-8-7-16-37(38)41(39)34-20-18-28-10-3-5-12-30(28)24-34/h3-27H,1-2H3. The van der Waals surface area contributed by atoms with E-state index in [0.717, 1.165) is 0 Å². The van der Waals surface area contributed by atoms with Gasteiger partial charge in [-0.25, -0.2) is 0 Å². The van der Waals surface area contributed by atoms with Crippen LogP contribution in [0.4, 0.5) is 0 Å². The molecule has 0 radical (unpaired) electrons. The number of fused-ring (bicyclic) bond motifs is 4. The number of benzene rings is 8. The van der Waals surface area contributed by atoms with Crippen LogP contribution in [0.2, 0.25) is 0 Å². The average Bonchev–Trinajstić information content (AvgIpc) is 3.06. The molecule has 0 N–H and O–H groups in total. The van der Waals surface area contributed by atoms with Crippen LogP contribution < -0.4 is 5.30 Å². The van der Waals surface area contributed by atoms with Gasteiger partial charge in [-0.15, -0.1) is 0 Å². The lowest BCUT2D eigenvalue weighted by atomic mass is 9.84. The lowest BCUT2D eigenvalue weighted by molar-refractivity contribution is 1.65. The van der Waals surface area contributed by atoms with Crippen molar-refractivity contribution < 1.29 is 0 Å². The maximum atomic E-state index is 2.43. The van der Waals surface area contributed by atoms with Crippen LogP contribution in [0.1, 0.15) is 0 Å². The Bertz CT molecular complexity index is 2330. The smallest absolute Gasteiger partial charge is 0.00259 e. The molecule has 0 aliphatic heterocycles. The second-order valence-electron chi connectivity index (χ2n) is 11.6. The zero-order valence-electron chi connectivity index (χ0n) is 24.4. The lowest BCUT2D eigenvalue weighted by Gasteiger charge is -2.19. The molecule has 0 heterocycles. The van der Waals surface area contributed by atoms with Crippen LogP contribution in [-0.4, -0.2) is 13.3 Å². The minimum absolute atomic E-state index is 0.170. The van der Waals surface area contributed by atoms with Crippen molar-refractivity contribution in [3.8, 4) is 33.4 Å². The highest BCUT2D eigenvalue weighted by Gasteiger charge is 2.18. The van der Waals surface area contributed by atoms with Crippen molar-refractivity contribution >= 4 is 56.3 Å².